The summed E-state index contributed by atoms with van der Waals surface area (Å²) in [6.07, 6.45) is 1.44. The zero-order chi connectivity index (χ0) is 12.3. The van der Waals surface area contributed by atoms with Crippen molar-refractivity contribution in [3.8, 4) is 0 Å². The lowest BCUT2D eigenvalue weighted by molar-refractivity contribution is 0.0592. The summed E-state index contributed by atoms with van der Waals surface area (Å²) in [5, 5.41) is 17.3. The minimum atomic E-state index is -0.497. The van der Waals surface area contributed by atoms with Gasteiger partial charge in [0.2, 0.25) is 0 Å². The van der Waals surface area contributed by atoms with E-state index in [0.29, 0.717) is 12.4 Å². The molecule has 0 saturated carbocycles. The summed E-state index contributed by atoms with van der Waals surface area (Å²) >= 11 is 0. The van der Waals surface area contributed by atoms with Gasteiger partial charge in [0.05, 0.1) is 13.2 Å². The summed E-state index contributed by atoms with van der Waals surface area (Å²) in [5.41, 5.74) is 0.189. The van der Waals surface area contributed by atoms with Gasteiger partial charge in [-0.2, -0.15) is 0 Å². The monoisotopic (exact) mass is 237 g/mol. The number of nitrogens with zero attached hydrogens (tertiary/aromatic N) is 3. The quantitative estimate of drug-likeness (QED) is 0.742. The summed E-state index contributed by atoms with van der Waals surface area (Å²) in [6.45, 7) is 1.41. The molecule has 0 amide bonds. The van der Waals surface area contributed by atoms with Crippen molar-refractivity contribution in [2.45, 2.75) is 18.9 Å². The number of aromatic nitrogens is 2. The molecule has 0 spiro atoms. The number of β-amino-alcohol motifs (C(OH)–C–C–N with tert-alkyl or cyclic N) is 1. The largest absolute Gasteiger partial charge is 0.464 e. The summed E-state index contributed by atoms with van der Waals surface area (Å²) in [6, 6.07) is 3.30. The molecule has 2 rings (SSSR count). The molecular weight excluding hydrogens is 222 g/mol. The van der Waals surface area contributed by atoms with E-state index in [4.69, 9.17) is 0 Å². The van der Waals surface area contributed by atoms with Crippen molar-refractivity contribution in [2.75, 3.05) is 25.1 Å². The highest BCUT2D eigenvalue weighted by Crippen LogP contribution is 2.17. The third-order valence-corrected chi connectivity index (χ3v) is 2.77. The number of ether oxygens (including phenoxy) is 1. The van der Waals surface area contributed by atoms with E-state index in [0.717, 1.165) is 19.4 Å². The summed E-state index contributed by atoms with van der Waals surface area (Å²) < 4.78 is 4.54. The van der Waals surface area contributed by atoms with Gasteiger partial charge in [0, 0.05) is 13.1 Å². The molecule has 92 valence electrons. The fourth-order valence-corrected chi connectivity index (χ4v) is 1.87. The molecule has 0 aromatic carbocycles. The molecule has 0 aliphatic carbocycles. The second-order valence-corrected chi connectivity index (χ2v) is 4.01. The molecule has 6 nitrogen and oxygen atoms in total. The van der Waals surface area contributed by atoms with Crippen molar-refractivity contribution < 1.29 is 14.6 Å². The van der Waals surface area contributed by atoms with Gasteiger partial charge in [-0.05, 0) is 25.0 Å². The third kappa shape index (κ3) is 2.71. The summed E-state index contributed by atoms with van der Waals surface area (Å²) in [4.78, 5) is 13.1. The number of piperidine rings is 1. The number of methoxy groups -OCH3 is 1. The van der Waals surface area contributed by atoms with E-state index >= 15 is 0 Å². The number of aliphatic hydroxyl groups excluding tert-OH is 1. The molecule has 1 aliphatic heterocycles. The third-order valence-electron chi connectivity index (χ3n) is 2.77. The van der Waals surface area contributed by atoms with E-state index in [1.54, 1.807) is 12.1 Å². The van der Waals surface area contributed by atoms with Crippen LogP contribution in [-0.2, 0) is 4.74 Å². The number of aliphatic hydroxyl groups is 1. The first kappa shape index (κ1) is 11.8. The molecule has 0 unspecified atom stereocenters. The van der Waals surface area contributed by atoms with Gasteiger partial charge >= 0.3 is 5.97 Å². The Kier molecular flexibility index (Phi) is 3.53. The Bertz CT molecular complexity index is 393. The van der Waals surface area contributed by atoms with Gasteiger partial charge in [-0.15, -0.1) is 10.2 Å². The normalized spacial score (nSPS) is 20.1. The Morgan fingerprint density at radius 2 is 2.35 bits per heavy atom. The number of carbonyl (C=O) groups excluding carboxylic acids is 1. The van der Waals surface area contributed by atoms with E-state index in [2.05, 4.69) is 14.9 Å². The lowest BCUT2D eigenvalue weighted by atomic mass is 10.1. The zero-order valence-electron chi connectivity index (χ0n) is 9.67. The van der Waals surface area contributed by atoms with Gasteiger partial charge in [0.1, 0.15) is 0 Å². The Labute approximate surface area is 99.2 Å². The lowest BCUT2D eigenvalue weighted by Gasteiger charge is -2.30. The molecular formula is C11H15N3O3. The second-order valence-electron chi connectivity index (χ2n) is 4.01. The van der Waals surface area contributed by atoms with Gasteiger partial charge in [-0.1, -0.05) is 0 Å². The first-order valence-electron chi connectivity index (χ1n) is 5.56. The molecule has 1 saturated heterocycles. The predicted octanol–water partition coefficient (Wildman–Crippen LogP) is 0.224. The van der Waals surface area contributed by atoms with Crippen LogP contribution >= 0.6 is 0 Å². The van der Waals surface area contributed by atoms with Crippen molar-refractivity contribution in [2.24, 2.45) is 0 Å². The number of anilines is 1. The average Bonchev–Trinajstić information content (AvgIpc) is 2.38. The van der Waals surface area contributed by atoms with Crippen molar-refractivity contribution in [1.29, 1.82) is 0 Å². The molecule has 1 aromatic rings. The van der Waals surface area contributed by atoms with Crippen LogP contribution < -0.4 is 4.90 Å². The molecule has 1 atom stereocenters. The van der Waals surface area contributed by atoms with Gasteiger partial charge < -0.3 is 14.7 Å². The molecule has 1 aliphatic rings. The van der Waals surface area contributed by atoms with Crippen molar-refractivity contribution in [1.82, 2.24) is 10.2 Å². The predicted molar refractivity (Wildman–Crippen MR) is 60.8 cm³/mol. The maximum Gasteiger partial charge on any atom is 0.358 e. The molecule has 0 bridgehead atoms. The summed E-state index contributed by atoms with van der Waals surface area (Å²) in [5.74, 6) is 0.180. The van der Waals surface area contributed by atoms with E-state index < -0.39 is 5.97 Å². The van der Waals surface area contributed by atoms with Crippen molar-refractivity contribution in [3.05, 3.63) is 17.8 Å². The van der Waals surface area contributed by atoms with Crippen LogP contribution in [0.3, 0.4) is 0 Å². The molecule has 1 fully saturated rings. The first-order chi connectivity index (χ1) is 8.20. The van der Waals surface area contributed by atoms with Crippen LogP contribution in [0.25, 0.3) is 0 Å². The molecule has 6 heteroatoms. The van der Waals surface area contributed by atoms with Crippen LogP contribution in [0.2, 0.25) is 0 Å². The molecule has 2 heterocycles. The second kappa shape index (κ2) is 5.09. The first-order valence-corrected chi connectivity index (χ1v) is 5.56. The van der Waals surface area contributed by atoms with E-state index in [-0.39, 0.29) is 11.8 Å². The smallest absolute Gasteiger partial charge is 0.358 e. The lowest BCUT2D eigenvalue weighted by Crippen LogP contribution is -2.38. The Morgan fingerprint density at radius 3 is 2.94 bits per heavy atom. The van der Waals surface area contributed by atoms with Crippen molar-refractivity contribution >= 4 is 11.8 Å². The average molecular weight is 237 g/mol. The van der Waals surface area contributed by atoms with E-state index in [9.17, 15) is 9.90 Å². The Morgan fingerprint density at radius 1 is 1.53 bits per heavy atom. The van der Waals surface area contributed by atoms with E-state index in [1.165, 1.54) is 7.11 Å². The summed E-state index contributed by atoms with van der Waals surface area (Å²) in [7, 11) is 1.30. The van der Waals surface area contributed by atoms with Crippen LogP contribution in [0.5, 0.6) is 0 Å². The van der Waals surface area contributed by atoms with Crippen LogP contribution in [0.1, 0.15) is 23.3 Å². The highest BCUT2D eigenvalue weighted by atomic mass is 16.5. The zero-order valence-corrected chi connectivity index (χ0v) is 9.67. The van der Waals surface area contributed by atoms with E-state index in [1.807, 2.05) is 4.90 Å². The molecule has 17 heavy (non-hydrogen) atoms. The maximum absolute atomic E-state index is 11.2. The number of hydrogen-bond donors (Lipinski definition) is 1. The number of esters is 1. The van der Waals surface area contributed by atoms with Crippen LogP contribution in [0.15, 0.2) is 12.1 Å². The minimum Gasteiger partial charge on any atom is -0.464 e. The van der Waals surface area contributed by atoms with Gasteiger partial charge in [0.15, 0.2) is 11.5 Å². The van der Waals surface area contributed by atoms with Crippen molar-refractivity contribution in [3.63, 3.8) is 0 Å². The molecule has 1 N–H and O–H groups in total. The highest BCUT2D eigenvalue weighted by molar-refractivity contribution is 5.86. The molecule has 0 radical (unpaired) electrons. The molecule has 1 aromatic heterocycles. The van der Waals surface area contributed by atoms with Gasteiger partial charge in [-0.25, -0.2) is 4.79 Å². The van der Waals surface area contributed by atoms with Crippen LogP contribution in [0, 0.1) is 0 Å². The maximum atomic E-state index is 11.2. The SMILES string of the molecule is COC(=O)c1ccc(N2CCC[C@@H](O)C2)nn1. The number of hydrogen-bond acceptors (Lipinski definition) is 6. The topological polar surface area (TPSA) is 75.5 Å². The Hall–Kier alpha value is -1.69. The fourth-order valence-electron chi connectivity index (χ4n) is 1.87. The standard InChI is InChI=1S/C11H15N3O3/c1-17-11(16)9-4-5-10(13-12-9)14-6-2-3-8(15)7-14/h4-5,8,15H,2-3,6-7H2,1H3/t8-/m1/s1. The Balaban J connectivity index is 2.09. The van der Waals surface area contributed by atoms with Crippen LogP contribution in [-0.4, -0.2) is 47.6 Å². The number of rotatable bonds is 2. The van der Waals surface area contributed by atoms with Crippen LogP contribution in [0.4, 0.5) is 5.82 Å². The number of carbonyl (C=O) groups is 1. The van der Waals surface area contributed by atoms with Gasteiger partial charge in [0.25, 0.3) is 0 Å². The fraction of sp³-hybridized carbons (Fsp3) is 0.545. The highest BCUT2D eigenvalue weighted by Gasteiger charge is 2.19. The van der Waals surface area contributed by atoms with Gasteiger partial charge in [-0.3, -0.25) is 0 Å². The minimum absolute atomic E-state index is 0.189.